The van der Waals surface area contributed by atoms with E-state index < -0.39 is 0 Å². The van der Waals surface area contributed by atoms with Gasteiger partial charge in [0.2, 0.25) is 5.95 Å². The third kappa shape index (κ3) is 5.32. The van der Waals surface area contributed by atoms with Gasteiger partial charge in [-0.05, 0) is 35.7 Å². The molecule has 0 aliphatic heterocycles. The SMILES string of the molecule is C1=CCC(c2nc(-c3ccc(-c4ccccc4)cc3)nc(-n3c4ccccc4c4c5oc6c(-c7ccccc7)nc(-c7ccccc7)nc6c5ccc43)n2)C=C1. The van der Waals surface area contributed by atoms with E-state index in [1.165, 1.54) is 0 Å². The van der Waals surface area contributed by atoms with Gasteiger partial charge in [0, 0.05) is 33.4 Å². The molecule has 7 heteroatoms. The maximum atomic E-state index is 6.95. The van der Waals surface area contributed by atoms with Crippen LogP contribution in [0.3, 0.4) is 0 Å². The quantitative estimate of drug-likeness (QED) is 0.170. The Morgan fingerprint density at radius 1 is 0.482 bits per heavy atom. The molecule has 1 atom stereocenters. The Hall–Kier alpha value is -7.51. The molecule has 0 amide bonds. The lowest BCUT2D eigenvalue weighted by atomic mass is 10.00. The van der Waals surface area contributed by atoms with Crippen molar-refractivity contribution < 1.29 is 4.42 Å². The van der Waals surface area contributed by atoms with E-state index >= 15 is 0 Å². The van der Waals surface area contributed by atoms with Crippen LogP contribution in [-0.4, -0.2) is 29.5 Å². The predicted octanol–water partition coefficient (Wildman–Crippen LogP) is 11.9. The van der Waals surface area contributed by atoms with Crippen molar-refractivity contribution >= 4 is 43.9 Å². The van der Waals surface area contributed by atoms with E-state index in [1.54, 1.807) is 0 Å². The molecule has 0 spiro atoms. The van der Waals surface area contributed by atoms with Gasteiger partial charge in [-0.3, -0.25) is 4.57 Å². The van der Waals surface area contributed by atoms with Crippen molar-refractivity contribution in [3.63, 3.8) is 0 Å². The van der Waals surface area contributed by atoms with E-state index in [1.807, 2.05) is 54.6 Å². The molecule has 10 aromatic rings. The van der Waals surface area contributed by atoms with Gasteiger partial charge in [0.1, 0.15) is 22.6 Å². The average molecular weight is 721 g/mol. The molecule has 0 saturated heterocycles. The van der Waals surface area contributed by atoms with Crippen LogP contribution in [0.1, 0.15) is 18.2 Å². The van der Waals surface area contributed by atoms with Gasteiger partial charge in [0.15, 0.2) is 17.2 Å². The Morgan fingerprint density at radius 3 is 1.88 bits per heavy atom. The van der Waals surface area contributed by atoms with Crippen molar-refractivity contribution in [2.45, 2.75) is 12.3 Å². The third-order valence-electron chi connectivity index (χ3n) is 10.6. The van der Waals surface area contributed by atoms with E-state index in [0.29, 0.717) is 23.2 Å². The van der Waals surface area contributed by atoms with Crippen LogP contribution in [0.25, 0.3) is 95.0 Å². The van der Waals surface area contributed by atoms with Crippen molar-refractivity contribution in [3.8, 4) is 51.1 Å². The minimum absolute atomic E-state index is 0.0213. The van der Waals surface area contributed by atoms with Crippen molar-refractivity contribution in [1.29, 1.82) is 0 Å². The highest BCUT2D eigenvalue weighted by Gasteiger charge is 2.25. The van der Waals surface area contributed by atoms with E-state index in [0.717, 1.165) is 84.0 Å². The van der Waals surface area contributed by atoms with Crippen molar-refractivity contribution in [2.75, 3.05) is 0 Å². The topological polar surface area (TPSA) is 82.5 Å². The second-order valence-electron chi connectivity index (χ2n) is 14.0. The van der Waals surface area contributed by atoms with Crippen molar-refractivity contribution in [3.05, 3.63) is 182 Å². The first-order valence-corrected chi connectivity index (χ1v) is 18.8. The van der Waals surface area contributed by atoms with E-state index in [-0.39, 0.29) is 5.92 Å². The number of benzene rings is 6. The van der Waals surface area contributed by atoms with Crippen LogP contribution in [0.5, 0.6) is 0 Å². The van der Waals surface area contributed by atoms with Crippen LogP contribution >= 0.6 is 0 Å². The zero-order valence-corrected chi connectivity index (χ0v) is 30.1. The molecule has 0 bridgehead atoms. The Morgan fingerprint density at radius 2 is 1.12 bits per heavy atom. The van der Waals surface area contributed by atoms with Gasteiger partial charge in [-0.15, -0.1) is 0 Å². The van der Waals surface area contributed by atoms with Gasteiger partial charge in [0.05, 0.1) is 16.4 Å². The highest BCUT2D eigenvalue weighted by molar-refractivity contribution is 6.24. The standard InChI is InChI=1S/C49H32N6O/c1-5-15-31(16-6-1)32-25-27-36(28-26-32)48-52-47(35-21-11-4-12-22-35)53-49(54-48)55-39-24-14-13-23-37(39)41-40(55)30-29-38-43-45(56-44(38)41)42(33-17-7-2-8-18-33)50-46(51-43)34-19-9-3-10-20-34/h1-21,23-30,35H,22H2. The number of rotatable bonds is 6. The van der Waals surface area contributed by atoms with E-state index in [4.69, 9.17) is 29.3 Å². The summed E-state index contributed by atoms with van der Waals surface area (Å²) in [5.74, 6) is 2.57. The number of nitrogens with zero attached hydrogens (tertiary/aromatic N) is 6. The third-order valence-corrected chi connectivity index (χ3v) is 10.6. The summed E-state index contributed by atoms with van der Waals surface area (Å²) in [6.07, 6.45) is 9.29. The van der Waals surface area contributed by atoms with Crippen molar-refractivity contribution in [2.24, 2.45) is 0 Å². The number of para-hydroxylation sites is 1. The highest BCUT2D eigenvalue weighted by atomic mass is 16.3. The zero-order chi connectivity index (χ0) is 37.0. The minimum atomic E-state index is 0.0213. The minimum Gasteiger partial charge on any atom is -0.451 e. The van der Waals surface area contributed by atoms with Crippen LogP contribution in [0.4, 0.5) is 0 Å². The number of hydrogen-bond acceptors (Lipinski definition) is 6. The number of fused-ring (bicyclic) bond motifs is 7. The zero-order valence-electron chi connectivity index (χ0n) is 30.1. The fourth-order valence-electron chi connectivity index (χ4n) is 7.87. The molecular formula is C49H32N6O. The number of hydrogen-bond donors (Lipinski definition) is 0. The predicted molar refractivity (Wildman–Crippen MR) is 224 cm³/mol. The lowest BCUT2D eigenvalue weighted by Crippen LogP contribution is -2.11. The summed E-state index contributed by atoms with van der Waals surface area (Å²) in [6, 6.07) is 51.8. The molecule has 4 aromatic heterocycles. The molecule has 4 heterocycles. The van der Waals surface area contributed by atoms with Gasteiger partial charge in [-0.1, -0.05) is 158 Å². The summed E-state index contributed by atoms with van der Waals surface area (Å²) >= 11 is 0. The molecule has 1 unspecified atom stereocenters. The van der Waals surface area contributed by atoms with Crippen molar-refractivity contribution in [1.82, 2.24) is 29.5 Å². The second kappa shape index (κ2) is 13.1. The van der Waals surface area contributed by atoms with Crippen LogP contribution in [0, 0.1) is 0 Å². The van der Waals surface area contributed by atoms with E-state index in [9.17, 15) is 0 Å². The summed E-state index contributed by atoms with van der Waals surface area (Å²) in [6.45, 7) is 0. The largest absolute Gasteiger partial charge is 0.451 e. The fourth-order valence-corrected chi connectivity index (χ4v) is 7.87. The maximum Gasteiger partial charge on any atom is 0.238 e. The Kier molecular flexibility index (Phi) is 7.48. The monoisotopic (exact) mass is 720 g/mol. The van der Waals surface area contributed by atoms with E-state index in [2.05, 4.69) is 126 Å². The fraction of sp³-hybridized carbons (Fsp3) is 0.0408. The average Bonchev–Trinajstić information content (AvgIpc) is 3.83. The molecule has 56 heavy (non-hydrogen) atoms. The molecule has 1 aliphatic carbocycles. The molecular weight excluding hydrogens is 689 g/mol. The van der Waals surface area contributed by atoms with Gasteiger partial charge >= 0.3 is 0 Å². The smallest absolute Gasteiger partial charge is 0.238 e. The number of aromatic nitrogens is 6. The Labute approximate surface area is 322 Å². The summed E-state index contributed by atoms with van der Waals surface area (Å²) < 4.78 is 9.10. The van der Waals surface area contributed by atoms with Crippen LogP contribution in [-0.2, 0) is 0 Å². The molecule has 0 N–H and O–H groups in total. The summed E-state index contributed by atoms with van der Waals surface area (Å²) in [5.41, 5.74) is 9.94. The maximum absolute atomic E-state index is 6.95. The van der Waals surface area contributed by atoms with Crippen LogP contribution < -0.4 is 0 Å². The van der Waals surface area contributed by atoms with Gasteiger partial charge in [0.25, 0.3) is 0 Å². The van der Waals surface area contributed by atoms with Gasteiger partial charge in [-0.2, -0.15) is 9.97 Å². The summed E-state index contributed by atoms with van der Waals surface area (Å²) in [7, 11) is 0. The Bertz CT molecular complexity index is 3150. The highest BCUT2D eigenvalue weighted by Crippen LogP contribution is 2.42. The van der Waals surface area contributed by atoms with Crippen LogP contribution in [0.15, 0.2) is 180 Å². The molecule has 6 aromatic carbocycles. The molecule has 0 saturated carbocycles. The Balaban J connectivity index is 1.15. The van der Waals surface area contributed by atoms with Gasteiger partial charge in [-0.25, -0.2) is 15.0 Å². The summed E-state index contributed by atoms with van der Waals surface area (Å²) in [4.78, 5) is 25.8. The molecule has 11 rings (SSSR count). The molecule has 264 valence electrons. The summed E-state index contributed by atoms with van der Waals surface area (Å²) in [5, 5.41) is 2.91. The normalized spacial score (nSPS) is 14.0. The lowest BCUT2D eigenvalue weighted by Gasteiger charge is -2.15. The van der Waals surface area contributed by atoms with Crippen LogP contribution in [0.2, 0.25) is 0 Å². The van der Waals surface area contributed by atoms with Gasteiger partial charge < -0.3 is 4.42 Å². The molecule has 1 aliphatic rings. The first kappa shape index (κ1) is 32.0. The molecule has 0 radical (unpaired) electrons. The lowest BCUT2D eigenvalue weighted by molar-refractivity contribution is 0.671. The first-order valence-electron chi connectivity index (χ1n) is 18.8. The first-order chi connectivity index (χ1) is 27.8. The molecule has 0 fully saturated rings. The second-order valence-corrected chi connectivity index (χ2v) is 14.0. The molecule has 7 nitrogen and oxygen atoms in total. The number of allylic oxidation sites excluding steroid dienone is 4. The number of furan rings is 1.